The van der Waals surface area contributed by atoms with Crippen LogP contribution in [0.2, 0.25) is 18.1 Å². The van der Waals surface area contributed by atoms with E-state index in [9.17, 15) is 0 Å². The number of rotatable bonds is 4. The molecule has 0 bridgehead atoms. The van der Waals surface area contributed by atoms with Crippen LogP contribution in [0.4, 0.5) is 0 Å². The number of hydrogen-bond acceptors (Lipinski definition) is 1. The second kappa shape index (κ2) is 5.62. The Hall–Kier alpha value is -0.543. The Labute approximate surface area is 121 Å². The molecule has 0 atom stereocenters. The summed E-state index contributed by atoms with van der Waals surface area (Å²) in [7, 11) is -1.77. The van der Waals surface area contributed by atoms with Crippen LogP contribution in [-0.4, -0.2) is 8.32 Å². The normalized spacial score (nSPS) is 12.3. The fourth-order valence-electron chi connectivity index (χ4n) is 1.39. The van der Waals surface area contributed by atoms with Crippen LogP contribution in [-0.2, 0) is 6.42 Å². The zero-order chi connectivity index (χ0) is 14.0. The van der Waals surface area contributed by atoms with E-state index in [1.165, 1.54) is 5.56 Å². The van der Waals surface area contributed by atoms with Crippen molar-refractivity contribution in [1.29, 1.82) is 0 Å². The van der Waals surface area contributed by atoms with Crippen molar-refractivity contribution in [3.63, 3.8) is 0 Å². The molecular weight excluding hydrogens is 304 g/mol. The lowest BCUT2D eigenvalue weighted by Crippen LogP contribution is -2.44. The maximum absolute atomic E-state index is 6.38. The quantitative estimate of drug-likeness (QED) is 0.519. The Balaban J connectivity index is 3.07. The van der Waals surface area contributed by atoms with Gasteiger partial charge < -0.3 is 4.43 Å². The van der Waals surface area contributed by atoms with Crippen molar-refractivity contribution < 1.29 is 4.43 Å². The molecule has 0 fully saturated rings. The average Bonchev–Trinajstić information content (AvgIpc) is 2.20. The van der Waals surface area contributed by atoms with E-state index in [-0.39, 0.29) is 5.04 Å². The summed E-state index contributed by atoms with van der Waals surface area (Å²) in [5, 5.41) is 0.214. The molecule has 1 nitrogen and oxygen atoms in total. The molecule has 0 saturated carbocycles. The Morgan fingerprint density at radius 1 is 1.33 bits per heavy atom. The van der Waals surface area contributed by atoms with Crippen LogP contribution in [0.25, 0.3) is 0 Å². The molecule has 1 aromatic carbocycles. The molecule has 3 heteroatoms. The molecule has 1 aromatic rings. The van der Waals surface area contributed by atoms with Crippen molar-refractivity contribution in [2.45, 2.75) is 45.3 Å². The van der Waals surface area contributed by atoms with E-state index in [2.05, 4.69) is 68.5 Å². The summed E-state index contributed by atoms with van der Waals surface area (Å²) in [5.74, 6) is 1.00. The van der Waals surface area contributed by atoms with Crippen LogP contribution in [0, 0.1) is 0 Å². The molecule has 0 unspecified atom stereocenters. The van der Waals surface area contributed by atoms with Gasteiger partial charge in [-0.25, -0.2) is 0 Å². The van der Waals surface area contributed by atoms with Crippen molar-refractivity contribution in [1.82, 2.24) is 0 Å². The minimum absolute atomic E-state index is 0.214. The Kier molecular flexibility index (Phi) is 4.84. The van der Waals surface area contributed by atoms with Crippen molar-refractivity contribution >= 4 is 24.2 Å². The Morgan fingerprint density at radius 3 is 2.44 bits per heavy atom. The van der Waals surface area contributed by atoms with E-state index >= 15 is 0 Å². The van der Waals surface area contributed by atoms with Gasteiger partial charge in [0.05, 0.1) is 0 Å². The summed E-state index contributed by atoms with van der Waals surface area (Å²) in [4.78, 5) is 0. The highest BCUT2D eigenvalue weighted by atomic mass is 79.9. The summed E-state index contributed by atoms with van der Waals surface area (Å²) in [6.45, 7) is 15.1. The number of halogens is 1. The SMILES string of the molecule is C=CCc1cc(Br)ccc1O[Si](C)(C)C(C)(C)C. The topological polar surface area (TPSA) is 9.23 Å². The molecule has 100 valence electrons. The van der Waals surface area contributed by atoms with Gasteiger partial charge in [0.1, 0.15) is 5.75 Å². The van der Waals surface area contributed by atoms with Crippen molar-refractivity contribution in [3.8, 4) is 5.75 Å². The lowest BCUT2D eigenvalue weighted by molar-refractivity contribution is 0.488. The van der Waals surface area contributed by atoms with Crippen LogP contribution < -0.4 is 4.43 Å². The third kappa shape index (κ3) is 3.72. The molecule has 1 rings (SSSR count). The highest BCUT2D eigenvalue weighted by molar-refractivity contribution is 9.10. The van der Waals surface area contributed by atoms with E-state index in [4.69, 9.17) is 4.43 Å². The second-order valence-electron chi connectivity index (χ2n) is 6.11. The highest BCUT2D eigenvalue weighted by Gasteiger charge is 2.39. The third-order valence-electron chi connectivity index (χ3n) is 3.56. The molecule has 0 aliphatic heterocycles. The molecule has 0 spiro atoms. The van der Waals surface area contributed by atoms with E-state index in [1.807, 2.05) is 12.1 Å². The van der Waals surface area contributed by atoms with Gasteiger partial charge in [-0.2, -0.15) is 0 Å². The Bertz CT molecular complexity index is 433. The second-order valence-corrected chi connectivity index (χ2v) is 11.7. The zero-order valence-corrected chi connectivity index (χ0v) is 14.6. The van der Waals surface area contributed by atoms with Crippen molar-refractivity contribution in [2.24, 2.45) is 0 Å². The molecule has 0 aliphatic rings. The Morgan fingerprint density at radius 2 is 1.94 bits per heavy atom. The lowest BCUT2D eigenvalue weighted by Gasteiger charge is -2.37. The lowest BCUT2D eigenvalue weighted by atomic mass is 10.1. The number of hydrogen-bond donors (Lipinski definition) is 0. The predicted octanol–water partition coefficient (Wildman–Crippen LogP) is 5.56. The summed E-state index contributed by atoms with van der Waals surface area (Å²) < 4.78 is 7.46. The number of benzene rings is 1. The zero-order valence-electron chi connectivity index (χ0n) is 12.0. The monoisotopic (exact) mass is 326 g/mol. The van der Waals surface area contributed by atoms with Crippen molar-refractivity contribution in [3.05, 3.63) is 40.9 Å². The largest absolute Gasteiger partial charge is 0.543 e. The van der Waals surface area contributed by atoms with Gasteiger partial charge in [0.25, 0.3) is 0 Å². The van der Waals surface area contributed by atoms with Crippen LogP contribution >= 0.6 is 15.9 Å². The summed E-state index contributed by atoms with van der Waals surface area (Å²) >= 11 is 3.51. The molecular formula is C15H23BrOSi. The average molecular weight is 327 g/mol. The van der Waals surface area contributed by atoms with Gasteiger partial charge in [-0.1, -0.05) is 42.8 Å². The maximum Gasteiger partial charge on any atom is 0.250 e. The molecule has 0 saturated heterocycles. The fourth-order valence-corrected chi connectivity index (χ4v) is 2.85. The van der Waals surface area contributed by atoms with E-state index in [0.717, 1.165) is 16.6 Å². The maximum atomic E-state index is 6.38. The van der Waals surface area contributed by atoms with Gasteiger partial charge in [-0.15, -0.1) is 6.58 Å². The summed E-state index contributed by atoms with van der Waals surface area (Å²) in [6.07, 6.45) is 2.75. The summed E-state index contributed by atoms with van der Waals surface area (Å²) in [5.41, 5.74) is 1.20. The van der Waals surface area contributed by atoms with Gasteiger partial charge in [0, 0.05) is 4.47 Å². The molecule has 0 radical (unpaired) electrons. The third-order valence-corrected chi connectivity index (χ3v) is 8.39. The van der Waals surface area contributed by atoms with E-state index in [0.29, 0.717) is 0 Å². The van der Waals surface area contributed by atoms with E-state index in [1.54, 1.807) is 0 Å². The first-order valence-corrected chi connectivity index (χ1v) is 9.96. The molecule has 18 heavy (non-hydrogen) atoms. The summed E-state index contributed by atoms with van der Waals surface area (Å²) in [6, 6.07) is 6.21. The van der Waals surface area contributed by atoms with Crippen LogP contribution in [0.1, 0.15) is 26.3 Å². The van der Waals surface area contributed by atoms with Gasteiger partial charge in [0.2, 0.25) is 8.32 Å². The molecule has 0 aliphatic carbocycles. The van der Waals surface area contributed by atoms with Crippen LogP contribution in [0.5, 0.6) is 5.75 Å². The van der Waals surface area contributed by atoms with Crippen LogP contribution in [0.3, 0.4) is 0 Å². The fraction of sp³-hybridized carbons (Fsp3) is 0.467. The molecule has 0 N–H and O–H groups in total. The first-order chi connectivity index (χ1) is 8.17. The van der Waals surface area contributed by atoms with Gasteiger partial charge >= 0.3 is 0 Å². The first kappa shape index (κ1) is 15.5. The minimum Gasteiger partial charge on any atom is -0.543 e. The molecule has 0 amide bonds. The van der Waals surface area contributed by atoms with Gasteiger partial charge in [0.15, 0.2) is 0 Å². The van der Waals surface area contributed by atoms with Crippen LogP contribution in [0.15, 0.2) is 35.3 Å². The predicted molar refractivity (Wildman–Crippen MR) is 85.9 cm³/mol. The number of allylic oxidation sites excluding steroid dienone is 1. The van der Waals surface area contributed by atoms with E-state index < -0.39 is 8.32 Å². The van der Waals surface area contributed by atoms with Gasteiger partial charge in [-0.05, 0) is 48.3 Å². The molecule has 0 aromatic heterocycles. The first-order valence-electron chi connectivity index (χ1n) is 6.26. The highest BCUT2D eigenvalue weighted by Crippen LogP contribution is 2.38. The van der Waals surface area contributed by atoms with Crippen molar-refractivity contribution in [2.75, 3.05) is 0 Å². The molecule has 0 heterocycles. The minimum atomic E-state index is -1.77. The smallest absolute Gasteiger partial charge is 0.250 e. The standard InChI is InChI=1S/C15H23BrOSi/c1-7-8-12-11-13(16)9-10-14(12)17-18(5,6)15(2,3)4/h7,9-11H,1,8H2,2-6H3. The van der Waals surface area contributed by atoms with Gasteiger partial charge in [-0.3, -0.25) is 0 Å².